The summed E-state index contributed by atoms with van der Waals surface area (Å²) < 4.78 is 21.9. The van der Waals surface area contributed by atoms with Crippen molar-refractivity contribution in [2.75, 3.05) is 23.5 Å². The second-order valence-corrected chi connectivity index (χ2v) is 10.6. The number of hydrogen-bond acceptors (Lipinski definition) is 8. The molecule has 2 aromatic rings. The molecule has 38 heavy (non-hydrogen) atoms. The molecule has 1 aliphatic carbocycles. The van der Waals surface area contributed by atoms with Gasteiger partial charge in [0.15, 0.2) is 18.2 Å². The summed E-state index contributed by atoms with van der Waals surface area (Å²) in [5, 5.41) is 2.88. The molecule has 5 rings (SSSR count). The predicted molar refractivity (Wildman–Crippen MR) is 137 cm³/mol. The minimum absolute atomic E-state index is 0.0906. The molecule has 1 N–H and O–H groups in total. The SMILES string of the molecule is COc1ccc(CN2C(=O)COc3ccc(N4C(=O)O[C@@H]5C[C@H](NC(=O)OC(C)(C)C)CC[C@H]54)nc32)cc1. The highest BCUT2D eigenvalue weighted by Gasteiger charge is 2.47. The van der Waals surface area contributed by atoms with Crippen LogP contribution in [0.5, 0.6) is 11.5 Å². The number of pyridine rings is 1. The van der Waals surface area contributed by atoms with Crippen molar-refractivity contribution in [3.63, 3.8) is 0 Å². The van der Waals surface area contributed by atoms with Crippen LogP contribution in [0.1, 0.15) is 45.6 Å². The van der Waals surface area contributed by atoms with Crippen molar-refractivity contribution in [3.8, 4) is 11.5 Å². The summed E-state index contributed by atoms with van der Waals surface area (Å²) in [6.07, 6.45) is 0.351. The molecule has 3 amide bonds. The van der Waals surface area contributed by atoms with Crippen molar-refractivity contribution in [1.82, 2.24) is 10.3 Å². The Hall–Kier alpha value is -4.02. The van der Waals surface area contributed by atoms with Gasteiger partial charge in [0.2, 0.25) is 0 Å². The number of anilines is 2. The third-order valence-electron chi connectivity index (χ3n) is 6.74. The van der Waals surface area contributed by atoms with Crippen LogP contribution in [0.25, 0.3) is 0 Å². The van der Waals surface area contributed by atoms with Crippen LogP contribution in [0.3, 0.4) is 0 Å². The normalized spacial score (nSPS) is 22.7. The summed E-state index contributed by atoms with van der Waals surface area (Å²) in [7, 11) is 1.60. The fourth-order valence-corrected chi connectivity index (χ4v) is 5.00. The Morgan fingerprint density at radius 2 is 1.89 bits per heavy atom. The number of fused-ring (bicyclic) bond motifs is 2. The van der Waals surface area contributed by atoms with Crippen molar-refractivity contribution in [1.29, 1.82) is 0 Å². The summed E-state index contributed by atoms with van der Waals surface area (Å²) in [4.78, 5) is 45.8. The standard InChI is InChI=1S/C27H32N4O7/c1-27(2,3)38-25(33)28-17-7-10-19-21(13-17)37-26(34)31(19)22-12-11-20-24(29-22)30(23(32)15-36-20)14-16-5-8-18(35-4)9-6-16/h5-6,8-9,11-12,17,19,21H,7,10,13-15H2,1-4H3,(H,28,33)/t17-,19-,21-/m1/s1. The maximum absolute atomic E-state index is 13.0. The quantitative estimate of drug-likeness (QED) is 0.628. The lowest BCUT2D eigenvalue weighted by Gasteiger charge is -2.34. The smallest absolute Gasteiger partial charge is 0.416 e. The van der Waals surface area contributed by atoms with Crippen molar-refractivity contribution in [2.45, 2.75) is 70.4 Å². The molecule has 0 spiro atoms. The average molecular weight is 525 g/mol. The Balaban J connectivity index is 1.32. The first-order valence-electron chi connectivity index (χ1n) is 12.7. The summed E-state index contributed by atoms with van der Waals surface area (Å²) in [6, 6.07) is 10.5. The number of hydrogen-bond donors (Lipinski definition) is 1. The van der Waals surface area contributed by atoms with Crippen LogP contribution in [0, 0.1) is 0 Å². The number of methoxy groups -OCH3 is 1. The van der Waals surface area contributed by atoms with Crippen molar-refractivity contribution in [2.24, 2.45) is 0 Å². The first-order chi connectivity index (χ1) is 18.1. The minimum Gasteiger partial charge on any atom is -0.497 e. The summed E-state index contributed by atoms with van der Waals surface area (Å²) in [5.74, 6) is 1.70. The third-order valence-corrected chi connectivity index (χ3v) is 6.74. The number of amides is 3. The molecule has 202 valence electrons. The molecule has 0 radical (unpaired) electrons. The van der Waals surface area contributed by atoms with Gasteiger partial charge in [0, 0.05) is 12.5 Å². The zero-order valence-electron chi connectivity index (χ0n) is 21.9. The van der Waals surface area contributed by atoms with E-state index in [1.54, 1.807) is 29.0 Å². The van der Waals surface area contributed by atoms with Crippen LogP contribution in [-0.4, -0.2) is 60.6 Å². The van der Waals surface area contributed by atoms with Gasteiger partial charge in [-0.15, -0.1) is 0 Å². The van der Waals surface area contributed by atoms with E-state index in [4.69, 9.17) is 23.9 Å². The van der Waals surface area contributed by atoms with E-state index in [1.165, 1.54) is 0 Å². The second-order valence-electron chi connectivity index (χ2n) is 10.6. The number of nitrogens with one attached hydrogen (secondary N) is 1. The average Bonchev–Trinajstić information content (AvgIpc) is 3.19. The number of carbonyl (C=O) groups is 3. The Morgan fingerprint density at radius 3 is 2.61 bits per heavy atom. The largest absolute Gasteiger partial charge is 0.497 e. The highest BCUT2D eigenvalue weighted by Crippen LogP contribution is 2.39. The Labute approximate surface area is 221 Å². The Bertz CT molecular complexity index is 1230. The minimum atomic E-state index is -0.595. The van der Waals surface area contributed by atoms with Crippen LogP contribution in [-0.2, 0) is 20.8 Å². The molecule has 0 bridgehead atoms. The fourth-order valence-electron chi connectivity index (χ4n) is 5.00. The molecule has 3 aliphatic rings. The summed E-state index contributed by atoms with van der Waals surface area (Å²) in [6.45, 7) is 5.63. The number of rotatable bonds is 5. The second kappa shape index (κ2) is 10.0. The maximum atomic E-state index is 13.0. The van der Waals surface area contributed by atoms with Gasteiger partial charge in [-0.1, -0.05) is 12.1 Å². The molecule has 0 unspecified atom stereocenters. The van der Waals surface area contributed by atoms with Crippen LogP contribution >= 0.6 is 0 Å². The van der Waals surface area contributed by atoms with E-state index in [-0.39, 0.29) is 24.6 Å². The van der Waals surface area contributed by atoms with Gasteiger partial charge in [0.25, 0.3) is 5.91 Å². The van der Waals surface area contributed by atoms with E-state index in [0.717, 1.165) is 11.3 Å². The summed E-state index contributed by atoms with van der Waals surface area (Å²) >= 11 is 0. The lowest BCUT2D eigenvalue weighted by molar-refractivity contribution is -0.121. The molecular formula is C27H32N4O7. The fraction of sp³-hybridized carbons (Fsp3) is 0.481. The molecular weight excluding hydrogens is 492 g/mol. The van der Waals surface area contributed by atoms with Gasteiger partial charge in [0.1, 0.15) is 23.3 Å². The number of nitrogens with zero attached hydrogens (tertiary/aromatic N) is 3. The molecule has 3 heterocycles. The Morgan fingerprint density at radius 1 is 1.13 bits per heavy atom. The van der Waals surface area contributed by atoms with Crippen LogP contribution in [0.2, 0.25) is 0 Å². The lowest BCUT2D eigenvalue weighted by atomic mass is 9.88. The van der Waals surface area contributed by atoms with E-state index in [9.17, 15) is 14.4 Å². The first-order valence-corrected chi connectivity index (χ1v) is 12.7. The van der Waals surface area contributed by atoms with Gasteiger partial charge in [0.05, 0.1) is 19.7 Å². The van der Waals surface area contributed by atoms with Crippen LogP contribution in [0.4, 0.5) is 21.2 Å². The van der Waals surface area contributed by atoms with Crippen LogP contribution in [0.15, 0.2) is 36.4 Å². The maximum Gasteiger partial charge on any atom is 0.416 e. The third kappa shape index (κ3) is 5.32. The summed E-state index contributed by atoms with van der Waals surface area (Å²) in [5.41, 5.74) is 0.304. The van der Waals surface area contributed by atoms with Crippen molar-refractivity contribution >= 4 is 29.7 Å². The molecule has 2 fully saturated rings. The first kappa shape index (κ1) is 25.6. The number of alkyl carbamates (subject to hydrolysis) is 1. The van der Waals surface area contributed by atoms with E-state index in [1.807, 2.05) is 45.0 Å². The van der Waals surface area contributed by atoms with Gasteiger partial charge in [-0.25, -0.2) is 14.6 Å². The molecule has 1 aromatic heterocycles. The highest BCUT2D eigenvalue weighted by atomic mass is 16.6. The van der Waals surface area contributed by atoms with Crippen molar-refractivity contribution in [3.05, 3.63) is 42.0 Å². The predicted octanol–water partition coefficient (Wildman–Crippen LogP) is 3.79. The number of ether oxygens (including phenoxy) is 4. The van der Waals surface area contributed by atoms with Gasteiger partial charge >= 0.3 is 12.2 Å². The molecule has 11 heteroatoms. The topological polar surface area (TPSA) is 120 Å². The number of carbonyl (C=O) groups excluding carboxylic acids is 3. The molecule has 11 nitrogen and oxygen atoms in total. The monoisotopic (exact) mass is 524 g/mol. The van der Waals surface area contributed by atoms with Gasteiger partial charge in [-0.3, -0.25) is 14.6 Å². The highest BCUT2D eigenvalue weighted by molar-refractivity contribution is 5.97. The molecule has 3 atom stereocenters. The van der Waals surface area contributed by atoms with E-state index >= 15 is 0 Å². The van der Waals surface area contributed by atoms with Gasteiger partial charge < -0.3 is 24.3 Å². The number of aromatic nitrogens is 1. The zero-order chi connectivity index (χ0) is 27.0. The van der Waals surface area contributed by atoms with E-state index in [0.29, 0.717) is 43.2 Å². The van der Waals surface area contributed by atoms with E-state index in [2.05, 4.69) is 5.32 Å². The molecule has 1 aromatic carbocycles. The Kier molecular flexibility index (Phi) is 6.77. The van der Waals surface area contributed by atoms with E-state index < -0.39 is 23.9 Å². The van der Waals surface area contributed by atoms with Gasteiger partial charge in [-0.2, -0.15) is 0 Å². The van der Waals surface area contributed by atoms with Gasteiger partial charge in [-0.05, 0) is 63.4 Å². The molecule has 1 saturated heterocycles. The molecule has 1 saturated carbocycles. The number of benzene rings is 1. The molecule has 2 aliphatic heterocycles. The zero-order valence-corrected chi connectivity index (χ0v) is 21.9. The lowest BCUT2D eigenvalue weighted by Crippen LogP contribution is -2.48. The van der Waals surface area contributed by atoms with Crippen molar-refractivity contribution < 1.29 is 33.3 Å². The van der Waals surface area contributed by atoms with Crippen LogP contribution < -0.4 is 24.6 Å².